The van der Waals surface area contributed by atoms with Crippen LogP contribution in [0.4, 0.5) is 5.69 Å². The molecule has 1 aliphatic carbocycles. The van der Waals surface area contributed by atoms with Gasteiger partial charge in [-0.3, -0.25) is 4.57 Å². The van der Waals surface area contributed by atoms with Crippen LogP contribution in [0, 0.1) is 0 Å². The first kappa shape index (κ1) is 27.3. The van der Waals surface area contributed by atoms with Crippen molar-refractivity contribution in [2.45, 2.75) is 15.2 Å². The minimum Gasteiger partial charge on any atom is -0.399 e. The van der Waals surface area contributed by atoms with Crippen LogP contribution in [0.25, 0.3) is 50.4 Å². The third kappa shape index (κ3) is 3.81. The summed E-state index contributed by atoms with van der Waals surface area (Å²) in [6.07, 6.45) is 0. The Hall–Kier alpha value is -5.84. The molecule has 0 bridgehead atoms. The molecule has 0 atom stereocenters. The molecule has 3 nitrogen and oxygen atoms in total. The second kappa shape index (κ2) is 10.3. The van der Waals surface area contributed by atoms with Crippen molar-refractivity contribution >= 4 is 28.5 Å². The van der Waals surface area contributed by atoms with E-state index in [9.17, 15) is 0 Å². The van der Waals surface area contributed by atoms with Gasteiger partial charge in [-0.05, 0) is 99.1 Å². The van der Waals surface area contributed by atoms with Crippen molar-refractivity contribution in [3.63, 3.8) is 0 Å². The van der Waals surface area contributed by atoms with E-state index < -0.39 is 5.41 Å². The van der Waals surface area contributed by atoms with Crippen molar-refractivity contribution < 1.29 is 0 Å². The van der Waals surface area contributed by atoms with Gasteiger partial charge in [0.1, 0.15) is 5.82 Å². The Bertz CT molecular complexity index is 2500. The summed E-state index contributed by atoms with van der Waals surface area (Å²) in [5.74, 6) is 0.933. The molecular formula is C44H29N3S. The maximum Gasteiger partial charge on any atom is 0.145 e. The summed E-state index contributed by atoms with van der Waals surface area (Å²) in [5, 5.41) is 0. The molecule has 0 saturated carbocycles. The summed E-state index contributed by atoms with van der Waals surface area (Å²) in [6.45, 7) is 0. The molecule has 8 aromatic rings. The topological polar surface area (TPSA) is 43.8 Å². The van der Waals surface area contributed by atoms with Gasteiger partial charge >= 0.3 is 0 Å². The summed E-state index contributed by atoms with van der Waals surface area (Å²) in [5.41, 5.74) is 21.2. The molecule has 1 spiro atoms. The normalized spacial score (nSPS) is 13.6. The number of nitrogen functional groups attached to an aromatic ring is 1. The summed E-state index contributed by atoms with van der Waals surface area (Å²) < 4.78 is 2.25. The number of nitrogens with two attached hydrogens (primary N) is 1. The fourth-order valence-corrected chi connectivity index (χ4v) is 9.12. The fraction of sp³-hybridized carbons (Fsp3) is 0.0227. The Morgan fingerprint density at radius 3 is 1.83 bits per heavy atom. The summed E-state index contributed by atoms with van der Waals surface area (Å²) in [7, 11) is 0. The van der Waals surface area contributed by atoms with E-state index in [2.05, 4.69) is 156 Å². The molecule has 0 fully saturated rings. The zero-order valence-electron chi connectivity index (χ0n) is 26.0. The standard InChI is InChI=1S/C44H29N3S/c45-31-23-25-42-38(27-31)44(35-14-6-4-12-33(35)34-13-5-7-15-36(34)44)37-26-30(22-24-41(37)48-42)28-18-20-29(21-19-28)43-46-39-16-8-9-17-40(39)47(43)32-10-2-1-3-11-32/h1-27H,45H2. The van der Waals surface area contributed by atoms with Crippen LogP contribution in [-0.2, 0) is 5.41 Å². The van der Waals surface area contributed by atoms with Gasteiger partial charge < -0.3 is 5.73 Å². The largest absolute Gasteiger partial charge is 0.399 e. The molecule has 0 amide bonds. The van der Waals surface area contributed by atoms with E-state index in [1.54, 1.807) is 0 Å². The van der Waals surface area contributed by atoms with Gasteiger partial charge in [0.25, 0.3) is 0 Å². The van der Waals surface area contributed by atoms with E-state index in [1.165, 1.54) is 54.3 Å². The fourth-order valence-electron chi connectivity index (χ4n) is 7.97. The lowest BCUT2D eigenvalue weighted by molar-refractivity contribution is 0.723. The van der Waals surface area contributed by atoms with Crippen molar-refractivity contribution in [3.8, 4) is 39.3 Å². The predicted octanol–water partition coefficient (Wildman–Crippen LogP) is 10.8. The van der Waals surface area contributed by atoms with Gasteiger partial charge in [0.2, 0.25) is 0 Å². The highest BCUT2D eigenvalue weighted by molar-refractivity contribution is 7.99. The Morgan fingerprint density at radius 2 is 1.08 bits per heavy atom. The van der Waals surface area contributed by atoms with Gasteiger partial charge in [-0.25, -0.2) is 4.98 Å². The molecule has 1 aromatic heterocycles. The Morgan fingerprint density at radius 1 is 0.500 bits per heavy atom. The third-order valence-electron chi connectivity index (χ3n) is 10.0. The van der Waals surface area contributed by atoms with Crippen LogP contribution in [0.1, 0.15) is 22.3 Å². The van der Waals surface area contributed by atoms with E-state index in [1.807, 2.05) is 23.9 Å². The van der Waals surface area contributed by atoms with Crippen molar-refractivity contribution in [1.29, 1.82) is 0 Å². The molecule has 2 heterocycles. The number of nitrogens with zero attached hydrogens (tertiary/aromatic N) is 2. The van der Waals surface area contributed by atoms with E-state index in [-0.39, 0.29) is 0 Å². The Labute approximate surface area is 283 Å². The summed E-state index contributed by atoms with van der Waals surface area (Å²) in [4.78, 5) is 7.61. The number of anilines is 1. The molecule has 10 rings (SSSR count). The molecule has 4 heteroatoms. The molecule has 48 heavy (non-hydrogen) atoms. The molecule has 7 aromatic carbocycles. The van der Waals surface area contributed by atoms with Gasteiger partial charge in [0, 0.05) is 26.7 Å². The average Bonchev–Trinajstić information content (AvgIpc) is 3.67. The highest BCUT2D eigenvalue weighted by Gasteiger charge is 2.50. The number of aromatic nitrogens is 2. The number of imidazole rings is 1. The first-order valence-electron chi connectivity index (χ1n) is 16.3. The lowest BCUT2D eigenvalue weighted by atomic mass is 9.67. The lowest BCUT2D eigenvalue weighted by Crippen LogP contribution is -2.32. The van der Waals surface area contributed by atoms with Crippen LogP contribution in [0.2, 0.25) is 0 Å². The van der Waals surface area contributed by atoms with E-state index in [4.69, 9.17) is 10.7 Å². The zero-order valence-corrected chi connectivity index (χ0v) is 26.8. The van der Waals surface area contributed by atoms with E-state index in [0.717, 1.165) is 33.8 Å². The number of benzene rings is 7. The minimum absolute atomic E-state index is 0.463. The van der Waals surface area contributed by atoms with Crippen molar-refractivity contribution in [2.24, 2.45) is 0 Å². The van der Waals surface area contributed by atoms with Crippen LogP contribution in [0.15, 0.2) is 174 Å². The lowest BCUT2D eigenvalue weighted by Gasteiger charge is -2.40. The molecule has 0 saturated heterocycles. The molecule has 226 valence electrons. The molecular weight excluding hydrogens is 603 g/mol. The van der Waals surface area contributed by atoms with Crippen LogP contribution in [0.3, 0.4) is 0 Å². The Balaban J connectivity index is 1.15. The monoisotopic (exact) mass is 631 g/mol. The number of fused-ring (bicyclic) bond motifs is 10. The number of para-hydroxylation sites is 3. The molecule has 2 N–H and O–H groups in total. The van der Waals surface area contributed by atoms with Gasteiger partial charge in [-0.2, -0.15) is 0 Å². The van der Waals surface area contributed by atoms with E-state index >= 15 is 0 Å². The number of hydrogen-bond acceptors (Lipinski definition) is 3. The highest BCUT2D eigenvalue weighted by Crippen LogP contribution is 2.62. The SMILES string of the molecule is Nc1ccc2c(c1)C1(c3cc(-c4ccc(-c5nc6ccccc6n5-c5ccccc5)cc4)ccc3S2)c2ccccc2-c2ccccc21. The third-order valence-corrected chi connectivity index (χ3v) is 11.2. The van der Waals surface area contributed by atoms with Gasteiger partial charge in [-0.1, -0.05) is 121 Å². The maximum atomic E-state index is 6.53. The maximum absolute atomic E-state index is 6.53. The number of rotatable bonds is 3. The second-order valence-electron chi connectivity index (χ2n) is 12.6. The number of hydrogen-bond donors (Lipinski definition) is 1. The average molecular weight is 632 g/mol. The van der Waals surface area contributed by atoms with Crippen LogP contribution in [-0.4, -0.2) is 9.55 Å². The van der Waals surface area contributed by atoms with Crippen molar-refractivity contribution in [1.82, 2.24) is 9.55 Å². The second-order valence-corrected chi connectivity index (χ2v) is 13.7. The molecule has 1 aliphatic heterocycles. The van der Waals surface area contributed by atoms with Crippen LogP contribution < -0.4 is 5.73 Å². The van der Waals surface area contributed by atoms with Gasteiger partial charge in [0.15, 0.2) is 0 Å². The minimum atomic E-state index is -0.463. The van der Waals surface area contributed by atoms with E-state index in [0.29, 0.717) is 0 Å². The highest BCUT2D eigenvalue weighted by atomic mass is 32.2. The zero-order chi connectivity index (χ0) is 31.8. The summed E-state index contributed by atoms with van der Waals surface area (Å²) in [6, 6.07) is 58.9. The van der Waals surface area contributed by atoms with Gasteiger partial charge in [0.05, 0.1) is 16.4 Å². The summed E-state index contributed by atoms with van der Waals surface area (Å²) >= 11 is 1.84. The first-order valence-corrected chi connectivity index (χ1v) is 17.1. The first-order chi connectivity index (χ1) is 23.7. The Kier molecular flexibility index (Phi) is 5.87. The van der Waals surface area contributed by atoms with Crippen molar-refractivity contribution in [2.75, 3.05) is 5.73 Å². The quantitative estimate of drug-likeness (QED) is 0.197. The van der Waals surface area contributed by atoms with Crippen LogP contribution in [0.5, 0.6) is 0 Å². The van der Waals surface area contributed by atoms with Crippen LogP contribution >= 0.6 is 11.8 Å². The molecule has 0 unspecified atom stereocenters. The predicted molar refractivity (Wildman–Crippen MR) is 198 cm³/mol. The van der Waals surface area contributed by atoms with Gasteiger partial charge in [-0.15, -0.1) is 0 Å². The molecule has 2 aliphatic rings. The van der Waals surface area contributed by atoms with Crippen molar-refractivity contribution in [3.05, 3.63) is 186 Å². The smallest absolute Gasteiger partial charge is 0.145 e. The molecule has 0 radical (unpaired) electrons.